The fourth-order valence-corrected chi connectivity index (χ4v) is 4.63. The van der Waals surface area contributed by atoms with Crippen molar-refractivity contribution in [1.29, 1.82) is 0 Å². The van der Waals surface area contributed by atoms with E-state index < -0.39 is 6.04 Å². The summed E-state index contributed by atoms with van der Waals surface area (Å²) in [5, 5.41) is 4.50. The van der Waals surface area contributed by atoms with Crippen LogP contribution in [0.4, 0.5) is 0 Å². The van der Waals surface area contributed by atoms with Gasteiger partial charge in [0.1, 0.15) is 6.04 Å². The minimum Gasteiger partial charge on any atom is -0.354 e. The second kappa shape index (κ2) is 13.2. The molecular weight excluding hydrogens is 475 g/mol. The zero-order valence-corrected chi connectivity index (χ0v) is 20.8. The molecule has 2 aromatic carbocycles. The average Bonchev–Trinajstić information content (AvgIpc) is 2.74. The lowest BCUT2D eigenvalue weighted by Gasteiger charge is -2.29. The van der Waals surface area contributed by atoms with E-state index in [1.54, 1.807) is 25.1 Å². The summed E-state index contributed by atoms with van der Waals surface area (Å²) in [5.41, 5.74) is 1.59. The Morgan fingerprint density at radius 2 is 1.68 bits per heavy atom. The molecule has 2 rings (SSSR count). The Kier molecular flexibility index (Phi) is 11.0. The number of unbranched alkanes of at least 4 members (excludes halogenated alkanes) is 1. The minimum absolute atomic E-state index is 0.159. The third kappa shape index (κ3) is 7.90. The van der Waals surface area contributed by atoms with E-state index in [0.29, 0.717) is 32.9 Å². The molecule has 0 spiro atoms. The number of hydrogen-bond acceptors (Lipinski definition) is 3. The molecule has 2 amide bonds. The van der Waals surface area contributed by atoms with Crippen LogP contribution in [0.3, 0.4) is 0 Å². The second-order valence-corrected chi connectivity index (χ2v) is 9.33. The van der Waals surface area contributed by atoms with E-state index in [9.17, 15) is 9.59 Å². The predicted molar refractivity (Wildman–Crippen MR) is 132 cm³/mol. The smallest absolute Gasteiger partial charge is 0.242 e. The lowest BCUT2D eigenvalue weighted by atomic mass is 10.1. The highest BCUT2D eigenvalue weighted by Crippen LogP contribution is 2.27. The largest absolute Gasteiger partial charge is 0.354 e. The summed E-state index contributed by atoms with van der Waals surface area (Å²) in [6.07, 6.45) is 1.86. The van der Waals surface area contributed by atoms with Gasteiger partial charge in [0, 0.05) is 39.5 Å². The molecule has 168 valence electrons. The van der Waals surface area contributed by atoms with Gasteiger partial charge in [-0.1, -0.05) is 72.4 Å². The van der Waals surface area contributed by atoms with Gasteiger partial charge in [-0.25, -0.2) is 0 Å². The molecule has 0 saturated carbocycles. The molecule has 0 aromatic heterocycles. The highest BCUT2D eigenvalue weighted by atomic mass is 35.5. The summed E-state index contributed by atoms with van der Waals surface area (Å²) in [6, 6.07) is 12.1. The number of halogens is 3. The van der Waals surface area contributed by atoms with Crippen LogP contribution in [0.15, 0.2) is 42.5 Å². The summed E-state index contributed by atoms with van der Waals surface area (Å²) in [5.74, 6) is 0.454. The van der Waals surface area contributed by atoms with Gasteiger partial charge >= 0.3 is 0 Å². The van der Waals surface area contributed by atoms with Gasteiger partial charge in [0.2, 0.25) is 11.8 Å². The second-order valence-electron chi connectivity index (χ2n) is 7.13. The van der Waals surface area contributed by atoms with E-state index in [1.165, 1.54) is 16.7 Å². The molecule has 0 fully saturated rings. The van der Waals surface area contributed by atoms with Gasteiger partial charge < -0.3 is 10.2 Å². The van der Waals surface area contributed by atoms with Crippen molar-refractivity contribution >= 4 is 58.4 Å². The molecule has 31 heavy (non-hydrogen) atoms. The van der Waals surface area contributed by atoms with Crippen molar-refractivity contribution < 1.29 is 9.59 Å². The van der Waals surface area contributed by atoms with Gasteiger partial charge in [0.25, 0.3) is 0 Å². The Balaban J connectivity index is 2.12. The van der Waals surface area contributed by atoms with Crippen molar-refractivity contribution in [1.82, 2.24) is 10.2 Å². The molecular formula is C23H27Cl3N2O2S. The van der Waals surface area contributed by atoms with Crippen molar-refractivity contribution in [3.05, 3.63) is 68.7 Å². The zero-order chi connectivity index (χ0) is 22.8. The Labute approximate surface area is 203 Å². The van der Waals surface area contributed by atoms with Crippen LogP contribution in [0, 0.1) is 0 Å². The maximum atomic E-state index is 13.1. The van der Waals surface area contributed by atoms with Crippen molar-refractivity contribution in [2.45, 2.75) is 45.0 Å². The van der Waals surface area contributed by atoms with Gasteiger partial charge in [0.15, 0.2) is 0 Å². The number of hydrogen-bond donors (Lipinski definition) is 1. The number of amides is 2. The highest BCUT2D eigenvalue weighted by molar-refractivity contribution is 7.99. The topological polar surface area (TPSA) is 49.4 Å². The number of nitrogens with zero attached hydrogens (tertiary/aromatic N) is 1. The number of carbonyl (C=O) groups excluding carboxylic acids is 2. The number of carbonyl (C=O) groups is 2. The molecule has 8 heteroatoms. The SMILES string of the molecule is CCCCNC(=O)[C@H](C)N(Cc1c(Cl)cccc1Cl)C(=O)CSCc1ccccc1Cl. The molecule has 4 nitrogen and oxygen atoms in total. The molecule has 1 atom stereocenters. The Bertz CT molecular complexity index is 875. The van der Waals surface area contributed by atoms with Crippen LogP contribution in [-0.2, 0) is 21.9 Å². The van der Waals surface area contributed by atoms with E-state index in [1.807, 2.05) is 24.3 Å². The third-order valence-corrected chi connectivity index (χ3v) is 6.87. The molecule has 2 aromatic rings. The summed E-state index contributed by atoms with van der Waals surface area (Å²) in [6.45, 7) is 4.52. The molecule has 0 radical (unpaired) electrons. The van der Waals surface area contributed by atoms with Gasteiger partial charge in [-0.15, -0.1) is 11.8 Å². The van der Waals surface area contributed by atoms with Crippen LogP contribution in [0.2, 0.25) is 15.1 Å². The first-order valence-corrected chi connectivity index (χ1v) is 12.4. The molecule has 0 aliphatic heterocycles. The fourth-order valence-electron chi connectivity index (χ4n) is 2.92. The van der Waals surface area contributed by atoms with Gasteiger partial charge in [-0.05, 0) is 37.1 Å². The lowest BCUT2D eigenvalue weighted by molar-refractivity contribution is -0.138. The number of thioether (sulfide) groups is 1. The Morgan fingerprint density at radius 3 is 2.32 bits per heavy atom. The van der Waals surface area contributed by atoms with Crippen LogP contribution < -0.4 is 5.32 Å². The first kappa shape index (κ1) is 25.9. The highest BCUT2D eigenvalue weighted by Gasteiger charge is 2.27. The van der Waals surface area contributed by atoms with Crippen LogP contribution in [-0.4, -0.2) is 35.1 Å². The number of rotatable bonds is 11. The summed E-state index contributed by atoms with van der Waals surface area (Å²) in [7, 11) is 0. The minimum atomic E-state index is -0.655. The molecule has 0 aliphatic rings. The monoisotopic (exact) mass is 500 g/mol. The van der Waals surface area contributed by atoms with Crippen molar-refractivity contribution in [2.75, 3.05) is 12.3 Å². The van der Waals surface area contributed by atoms with E-state index in [4.69, 9.17) is 34.8 Å². The van der Waals surface area contributed by atoms with Gasteiger partial charge in [0.05, 0.1) is 5.75 Å². The molecule has 0 heterocycles. The lowest BCUT2D eigenvalue weighted by Crippen LogP contribution is -2.48. The van der Waals surface area contributed by atoms with Gasteiger partial charge in [-0.3, -0.25) is 9.59 Å². The molecule has 1 N–H and O–H groups in total. The van der Waals surface area contributed by atoms with Crippen molar-refractivity contribution in [3.8, 4) is 0 Å². The maximum Gasteiger partial charge on any atom is 0.242 e. The molecule has 0 bridgehead atoms. The first-order chi connectivity index (χ1) is 14.8. The standard InChI is InChI=1S/C23H27Cl3N2O2S/c1-3-4-12-27-23(30)16(2)28(13-18-20(25)10-7-11-21(18)26)22(29)15-31-14-17-8-5-6-9-19(17)24/h5-11,16H,3-4,12-15H2,1-2H3,(H,27,30)/t16-/m0/s1. The van der Waals surface area contributed by atoms with Gasteiger partial charge in [-0.2, -0.15) is 0 Å². The quantitative estimate of drug-likeness (QED) is 0.372. The summed E-state index contributed by atoms with van der Waals surface area (Å²) in [4.78, 5) is 27.3. The van der Waals surface area contributed by atoms with Crippen LogP contribution >= 0.6 is 46.6 Å². The number of nitrogens with one attached hydrogen (secondary N) is 1. The normalized spacial score (nSPS) is 11.8. The van der Waals surface area contributed by atoms with E-state index in [0.717, 1.165) is 18.4 Å². The van der Waals surface area contributed by atoms with Crippen LogP contribution in [0.25, 0.3) is 0 Å². The molecule has 0 aliphatic carbocycles. The maximum absolute atomic E-state index is 13.1. The van der Waals surface area contributed by atoms with E-state index in [-0.39, 0.29) is 24.1 Å². The van der Waals surface area contributed by atoms with E-state index in [2.05, 4.69) is 12.2 Å². The predicted octanol–water partition coefficient (Wildman–Crippen LogP) is 6.21. The van der Waals surface area contributed by atoms with E-state index >= 15 is 0 Å². The fraction of sp³-hybridized carbons (Fsp3) is 0.391. The Morgan fingerprint density at radius 1 is 1.03 bits per heavy atom. The molecule has 0 saturated heterocycles. The summed E-state index contributed by atoms with van der Waals surface area (Å²) >= 11 is 20.3. The molecule has 0 unspecified atom stereocenters. The van der Waals surface area contributed by atoms with Crippen LogP contribution in [0.1, 0.15) is 37.8 Å². The number of benzene rings is 2. The first-order valence-electron chi connectivity index (χ1n) is 10.2. The third-order valence-electron chi connectivity index (χ3n) is 4.83. The van der Waals surface area contributed by atoms with Crippen LogP contribution in [0.5, 0.6) is 0 Å². The summed E-state index contributed by atoms with van der Waals surface area (Å²) < 4.78 is 0. The van der Waals surface area contributed by atoms with Crippen molar-refractivity contribution in [2.24, 2.45) is 0 Å². The zero-order valence-electron chi connectivity index (χ0n) is 17.7. The Hall–Kier alpha value is -1.40. The average molecular weight is 502 g/mol. The van der Waals surface area contributed by atoms with Crippen molar-refractivity contribution in [3.63, 3.8) is 0 Å².